The van der Waals surface area contributed by atoms with E-state index < -0.39 is 8.32 Å². The van der Waals surface area contributed by atoms with Crippen molar-refractivity contribution < 1.29 is 14.0 Å². The molecule has 0 spiro atoms. The molecular formula is C16H32O3Si. The summed E-state index contributed by atoms with van der Waals surface area (Å²) in [6, 6.07) is 0. The molecule has 1 aliphatic rings. The fourth-order valence-corrected chi connectivity index (χ4v) is 4.00. The molecule has 118 valence electrons. The Morgan fingerprint density at radius 3 is 2.45 bits per heavy atom. The van der Waals surface area contributed by atoms with Crippen LogP contribution in [0.25, 0.3) is 0 Å². The van der Waals surface area contributed by atoms with Gasteiger partial charge in [0.15, 0.2) is 8.32 Å². The first-order valence-electron chi connectivity index (χ1n) is 7.87. The number of esters is 1. The highest BCUT2D eigenvalue weighted by molar-refractivity contribution is 6.74. The maximum atomic E-state index is 12.2. The van der Waals surface area contributed by atoms with Gasteiger partial charge in [-0.3, -0.25) is 4.79 Å². The Bertz CT molecular complexity index is 346. The van der Waals surface area contributed by atoms with Crippen LogP contribution in [0.15, 0.2) is 0 Å². The van der Waals surface area contributed by atoms with Crippen LogP contribution in [0.1, 0.15) is 60.3 Å². The van der Waals surface area contributed by atoms with Crippen LogP contribution in [0.2, 0.25) is 18.1 Å². The molecule has 0 aliphatic heterocycles. The second kappa shape index (κ2) is 6.18. The van der Waals surface area contributed by atoms with Gasteiger partial charge < -0.3 is 9.16 Å². The maximum absolute atomic E-state index is 12.2. The van der Waals surface area contributed by atoms with Gasteiger partial charge in [0.25, 0.3) is 0 Å². The van der Waals surface area contributed by atoms with E-state index in [-0.39, 0.29) is 22.5 Å². The number of ether oxygens (including phenoxy) is 1. The van der Waals surface area contributed by atoms with Crippen LogP contribution in [-0.2, 0) is 14.0 Å². The average Bonchev–Trinajstić information content (AvgIpc) is 2.27. The smallest absolute Gasteiger partial charge is 0.311 e. The second-order valence-electron chi connectivity index (χ2n) is 7.88. The molecule has 0 saturated heterocycles. The lowest BCUT2D eigenvalue weighted by molar-refractivity contribution is -0.158. The molecule has 0 bridgehead atoms. The summed E-state index contributed by atoms with van der Waals surface area (Å²) in [5.41, 5.74) is -0.360. The maximum Gasteiger partial charge on any atom is 0.311 e. The van der Waals surface area contributed by atoms with Crippen LogP contribution in [-0.4, -0.2) is 27.0 Å². The van der Waals surface area contributed by atoms with Gasteiger partial charge in [-0.1, -0.05) is 20.8 Å². The molecule has 3 nitrogen and oxygen atoms in total. The van der Waals surface area contributed by atoms with Gasteiger partial charge in [-0.05, 0) is 57.7 Å². The zero-order valence-electron chi connectivity index (χ0n) is 14.3. The monoisotopic (exact) mass is 300 g/mol. The molecule has 2 unspecified atom stereocenters. The summed E-state index contributed by atoms with van der Waals surface area (Å²) in [6.45, 7) is 15.7. The predicted molar refractivity (Wildman–Crippen MR) is 85.3 cm³/mol. The SMILES string of the molecule is CCOC(=O)C1(C)CCCC(O[Si](C)(C)C(C)(C)C)C1. The zero-order chi connectivity index (χ0) is 15.6. The van der Waals surface area contributed by atoms with Crippen molar-refractivity contribution in [1.82, 2.24) is 0 Å². The normalized spacial score (nSPS) is 28.2. The van der Waals surface area contributed by atoms with Crippen molar-refractivity contribution in [1.29, 1.82) is 0 Å². The van der Waals surface area contributed by atoms with E-state index >= 15 is 0 Å². The molecule has 4 heteroatoms. The molecule has 0 N–H and O–H groups in total. The van der Waals surface area contributed by atoms with Crippen molar-refractivity contribution in [3.8, 4) is 0 Å². The summed E-state index contributed by atoms with van der Waals surface area (Å²) in [7, 11) is -1.76. The van der Waals surface area contributed by atoms with Gasteiger partial charge >= 0.3 is 5.97 Å². The Kier molecular flexibility index (Phi) is 5.47. The molecule has 0 radical (unpaired) electrons. The van der Waals surface area contributed by atoms with E-state index in [4.69, 9.17) is 9.16 Å². The molecule has 1 saturated carbocycles. The number of hydrogen-bond acceptors (Lipinski definition) is 3. The Morgan fingerprint density at radius 1 is 1.35 bits per heavy atom. The van der Waals surface area contributed by atoms with Gasteiger partial charge in [-0.2, -0.15) is 0 Å². The van der Waals surface area contributed by atoms with Gasteiger partial charge in [0, 0.05) is 6.10 Å². The summed E-state index contributed by atoms with van der Waals surface area (Å²) in [6.07, 6.45) is 4.05. The molecule has 0 heterocycles. The predicted octanol–water partition coefficient (Wildman–Crippen LogP) is 4.52. The van der Waals surface area contributed by atoms with E-state index in [9.17, 15) is 4.79 Å². The third-order valence-electron chi connectivity index (χ3n) is 4.97. The van der Waals surface area contributed by atoms with Crippen molar-refractivity contribution in [2.24, 2.45) is 5.41 Å². The molecule has 20 heavy (non-hydrogen) atoms. The highest BCUT2D eigenvalue weighted by Gasteiger charge is 2.44. The Morgan fingerprint density at radius 2 is 1.95 bits per heavy atom. The fourth-order valence-electron chi connectivity index (χ4n) is 2.61. The highest BCUT2D eigenvalue weighted by Crippen LogP contribution is 2.43. The molecule has 2 atom stereocenters. The minimum Gasteiger partial charge on any atom is -0.466 e. The van der Waals surface area contributed by atoms with E-state index in [0.717, 1.165) is 25.7 Å². The summed E-state index contributed by atoms with van der Waals surface area (Å²) >= 11 is 0. The lowest BCUT2D eigenvalue weighted by atomic mass is 9.74. The Labute approximate surface area is 125 Å². The van der Waals surface area contributed by atoms with Gasteiger partial charge in [-0.15, -0.1) is 0 Å². The Hall–Kier alpha value is -0.353. The third kappa shape index (κ3) is 4.07. The lowest BCUT2D eigenvalue weighted by Crippen LogP contribution is -2.47. The first-order valence-corrected chi connectivity index (χ1v) is 10.8. The van der Waals surface area contributed by atoms with E-state index in [2.05, 4.69) is 33.9 Å². The molecule has 1 aliphatic carbocycles. The van der Waals surface area contributed by atoms with E-state index in [1.807, 2.05) is 13.8 Å². The fraction of sp³-hybridized carbons (Fsp3) is 0.938. The van der Waals surface area contributed by atoms with Crippen molar-refractivity contribution in [2.45, 2.75) is 84.5 Å². The summed E-state index contributed by atoms with van der Waals surface area (Å²) in [5, 5.41) is 0.213. The number of carbonyl (C=O) groups is 1. The first kappa shape index (κ1) is 17.7. The van der Waals surface area contributed by atoms with Gasteiger partial charge in [0.2, 0.25) is 0 Å². The molecule has 1 rings (SSSR count). The van der Waals surface area contributed by atoms with Gasteiger partial charge in [0.1, 0.15) is 0 Å². The average molecular weight is 301 g/mol. The topological polar surface area (TPSA) is 35.5 Å². The standard InChI is InChI=1S/C16H32O3Si/c1-8-18-14(17)16(5)11-9-10-13(12-16)19-20(6,7)15(2,3)4/h13H,8-12H2,1-7H3. The number of carbonyl (C=O) groups excluding carboxylic acids is 1. The van der Waals surface area contributed by atoms with Crippen molar-refractivity contribution >= 4 is 14.3 Å². The molecular weight excluding hydrogens is 268 g/mol. The van der Waals surface area contributed by atoms with E-state index in [1.165, 1.54) is 0 Å². The zero-order valence-corrected chi connectivity index (χ0v) is 15.3. The first-order chi connectivity index (χ1) is 9.02. The van der Waals surface area contributed by atoms with Crippen molar-refractivity contribution in [2.75, 3.05) is 6.61 Å². The van der Waals surface area contributed by atoms with Crippen LogP contribution in [0.5, 0.6) is 0 Å². The van der Waals surface area contributed by atoms with Crippen molar-refractivity contribution in [3.63, 3.8) is 0 Å². The van der Waals surface area contributed by atoms with Crippen LogP contribution >= 0.6 is 0 Å². The van der Waals surface area contributed by atoms with Crippen molar-refractivity contribution in [3.05, 3.63) is 0 Å². The van der Waals surface area contributed by atoms with Crippen LogP contribution in [0, 0.1) is 5.41 Å². The number of rotatable bonds is 4. The van der Waals surface area contributed by atoms with Crippen LogP contribution in [0.3, 0.4) is 0 Å². The second-order valence-corrected chi connectivity index (χ2v) is 12.6. The summed E-state index contributed by atoms with van der Waals surface area (Å²) in [5.74, 6) is -0.0523. The minimum absolute atomic E-state index is 0.0523. The van der Waals surface area contributed by atoms with Gasteiger partial charge in [-0.25, -0.2) is 0 Å². The molecule has 0 aromatic rings. The summed E-state index contributed by atoms with van der Waals surface area (Å²) in [4.78, 5) is 12.2. The largest absolute Gasteiger partial charge is 0.466 e. The molecule has 0 aromatic carbocycles. The Balaban J connectivity index is 2.73. The lowest BCUT2D eigenvalue weighted by Gasteiger charge is -2.43. The van der Waals surface area contributed by atoms with Crippen LogP contribution in [0.4, 0.5) is 0 Å². The quantitative estimate of drug-likeness (QED) is 0.565. The van der Waals surface area contributed by atoms with Crippen LogP contribution < -0.4 is 0 Å². The van der Waals surface area contributed by atoms with Gasteiger partial charge in [0.05, 0.1) is 12.0 Å². The summed E-state index contributed by atoms with van der Waals surface area (Å²) < 4.78 is 11.7. The molecule has 0 aromatic heterocycles. The molecule has 0 amide bonds. The van der Waals surface area contributed by atoms with E-state index in [0.29, 0.717) is 6.61 Å². The number of hydrogen-bond donors (Lipinski definition) is 0. The molecule has 1 fully saturated rings. The van der Waals surface area contributed by atoms with E-state index in [1.54, 1.807) is 0 Å². The third-order valence-corrected chi connectivity index (χ3v) is 9.50. The minimum atomic E-state index is -1.76. The highest BCUT2D eigenvalue weighted by atomic mass is 28.4.